The van der Waals surface area contributed by atoms with Crippen LogP contribution >= 0.6 is 0 Å². The van der Waals surface area contributed by atoms with E-state index in [4.69, 9.17) is 18.9 Å². The molecule has 0 unspecified atom stereocenters. The number of benzene rings is 2. The monoisotopic (exact) mass is 383 g/mol. The number of carbonyl (C=O) groups is 2. The minimum Gasteiger partial charge on any atom is -0.486 e. The fraction of sp³-hybridized carbons (Fsp3) is 0.333. The van der Waals surface area contributed by atoms with E-state index in [1.807, 2.05) is 0 Å². The molecule has 0 fully saturated rings. The molecule has 7 heteroatoms. The summed E-state index contributed by atoms with van der Waals surface area (Å²) >= 11 is 0. The normalized spacial score (nSPS) is 14.3. The lowest BCUT2D eigenvalue weighted by Gasteiger charge is -2.19. The van der Waals surface area contributed by atoms with Gasteiger partial charge in [0.1, 0.15) is 26.4 Å². The molecule has 2 aliphatic rings. The van der Waals surface area contributed by atoms with Crippen LogP contribution in [-0.4, -0.2) is 38.1 Å². The lowest BCUT2D eigenvalue weighted by molar-refractivity contribution is -0.116. The Balaban J connectivity index is 1.26. The molecule has 146 valence electrons. The van der Waals surface area contributed by atoms with Gasteiger partial charge in [-0.3, -0.25) is 9.59 Å². The first-order valence-corrected chi connectivity index (χ1v) is 9.31. The molecule has 7 nitrogen and oxygen atoms in total. The highest BCUT2D eigenvalue weighted by Gasteiger charge is 2.16. The van der Waals surface area contributed by atoms with Crippen LogP contribution in [0.5, 0.6) is 23.0 Å². The fourth-order valence-corrected chi connectivity index (χ4v) is 3.12. The van der Waals surface area contributed by atoms with Crippen LogP contribution in [0.3, 0.4) is 0 Å². The molecule has 1 N–H and O–H groups in total. The predicted octanol–water partition coefficient (Wildman–Crippen LogP) is 3.22. The molecule has 0 saturated carbocycles. The van der Waals surface area contributed by atoms with Gasteiger partial charge in [0.15, 0.2) is 28.8 Å². The summed E-state index contributed by atoms with van der Waals surface area (Å²) in [6.07, 6.45) is 1.00. The van der Waals surface area contributed by atoms with E-state index in [0.29, 0.717) is 67.1 Å². The van der Waals surface area contributed by atoms with Crippen molar-refractivity contribution >= 4 is 17.4 Å². The average molecular weight is 383 g/mol. The van der Waals surface area contributed by atoms with Crippen LogP contribution in [0.1, 0.15) is 29.6 Å². The largest absolute Gasteiger partial charge is 0.486 e. The van der Waals surface area contributed by atoms with Gasteiger partial charge >= 0.3 is 0 Å². The van der Waals surface area contributed by atoms with E-state index in [9.17, 15) is 9.59 Å². The number of hydrogen-bond donors (Lipinski definition) is 1. The summed E-state index contributed by atoms with van der Waals surface area (Å²) in [5.41, 5.74) is 1.21. The Morgan fingerprint density at radius 1 is 0.750 bits per heavy atom. The summed E-state index contributed by atoms with van der Waals surface area (Å²) < 4.78 is 21.9. The maximum atomic E-state index is 12.4. The van der Waals surface area contributed by atoms with Gasteiger partial charge in [-0.05, 0) is 36.8 Å². The van der Waals surface area contributed by atoms with E-state index < -0.39 is 0 Å². The Labute approximate surface area is 162 Å². The van der Waals surface area contributed by atoms with E-state index >= 15 is 0 Å². The van der Waals surface area contributed by atoms with Gasteiger partial charge in [0.25, 0.3) is 0 Å². The topological polar surface area (TPSA) is 83.1 Å². The third-order valence-electron chi connectivity index (χ3n) is 4.50. The molecule has 1 amide bonds. The summed E-state index contributed by atoms with van der Waals surface area (Å²) in [4.78, 5) is 24.5. The maximum Gasteiger partial charge on any atom is 0.224 e. The van der Waals surface area contributed by atoms with Crippen LogP contribution in [0.15, 0.2) is 36.4 Å². The van der Waals surface area contributed by atoms with E-state index in [-0.39, 0.29) is 24.5 Å². The second-order valence-corrected chi connectivity index (χ2v) is 6.54. The van der Waals surface area contributed by atoms with Crippen molar-refractivity contribution in [1.29, 1.82) is 0 Å². The number of carbonyl (C=O) groups excluding carboxylic acids is 2. The molecule has 0 saturated heterocycles. The van der Waals surface area contributed by atoms with Gasteiger partial charge in [-0.25, -0.2) is 0 Å². The van der Waals surface area contributed by atoms with Gasteiger partial charge in [-0.2, -0.15) is 0 Å². The van der Waals surface area contributed by atoms with Crippen molar-refractivity contribution in [3.8, 4) is 23.0 Å². The summed E-state index contributed by atoms with van der Waals surface area (Å²) in [6, 6.07) is 10.5. The van der Waals surface area contributed by atoms with E-state index in [1.54, 1.807) is 36.4 Å². The van der Waals surface area contributed by atoms with E-state index in [2.05, 4.69) is 5.32 Å². The van der Waals surface area contributed by atoms with Crippen molar-refractivity contribution < 1.29 is 28.5 Å². The number of anilines is 1. The molecular weight excluding hydrogens is 362 g/mol. The van der Waals surface area contributed by atoms with Crippen molar-refractivity contribution in [3.05, 3.63) is 42.0 Å². The molecule has 2 aromatic carbocycles. The molecule has 0 bridgehead atoms. The third kappa shape index (κ3) is 4.19. The highest BCUT2D eigenvalue weighted by Crippen LogP contribution is 2.33. The van der Waals surface area contributed by atoms with Crippen LogP contribution in [-0.2, 0) is 4.79 Å². The zero-order chi connectivity index (χ0) is 19.3. The van der Waals surface area contributed by atoms with Crippen LogP contribution in [0, 0.1) is 0 Å². The van der Waals surface area contributed by atoms with Gasteiger partial charge < -0.3 is 24.3 Å². The molecule has 0 radical (unpaired) electrons. The molecule has 28 heavy (non-hydrogen) atoms. The standard InChI is InChI=1S/C21H21NO6/c23-16(14-4-6-17-19(12-14)27-10-8-25-17)2-1-3-21(24)22-15-5-7-18-20(13-15)28-11-9-26-18/h4-7,12-13H,1-3,8-11H2,(H,22,24). The molecular formula is C21H21NO6. The molecule has 0 atom stereocenters. The van der Waals surface area contributed by atoms with Crippen molar-refractivity contribution in [2.24, 2.45) is 0 Å². The lowest BCUT2D eigenvalue weighted by Crippen LogP contribution is -2.16. The average Bonchev–Trinajstić information content (AvgIpc) is 2.73. The van der Waals surface area contributed by atoms with E-state index in [0.717, 1.165) is 0 Å². The van der Waals surface area contributed by atoms with Gasteiger partial charge in [-0.1, -0.05) is 0 Å². The number of amides is 1. The summed E-state index contributed by atoms with van der Waals surface area (Å²) in [7, 11) is 0. The van der Waals surface area contributed by atoms with Gasteiger partial charge in [0, 0.05) is 30.2 Å². The zero-order valence-corrected chi connectivity index (χ0v) is 15.4. The number of Topliss-reactive ketones (excluding diaryl/α,β-unsaturated/α-hetero) is 1. The van der Waals surface area contributed by atoms with Crippen LogP contribution in [0.25, 0.3) is 0 Å². The molecule has 0 aliphatic carbocycles. The van der Waals surface area contributed by atoms with Crippen LogP contribution < -0.4 is 24.3 Å². The summed E-state index contributed by atoms with van der Waals surface area (Å²) in [6.45, 7) is 2.01. The minimum absolute atomic E-state index is 0.0240. The second kappa shape index (κ2) is 8.21. The summed E-state index contributed by atoms with van der Waals surface area (Å²) in [5.74, 6) is 2.37. The molecule has 2 aliphatic heterocycles. The Bertz CT molecular complexity index is 894. The van der Waals surface area contributed by atoms with Crippen LogP contribution in [0.4, 0.5) is 5.69 Å². The number of ether oxygens (including phenoxy) is 4. The molecule has 4 rings (SSSR count). The van der Waals surface area contributed by atoms with Gasteiger partial charge in [-0.15, -0.1) is 0 Å². The first kappa shape index (κ1) is 18.2. The fourth-order valence-electron chi connectivity index (χ4n) is 3.12. The second-order valence-electron chi connectivity index (χ2n) is 6.54. The minimum atomic E-state index is -0.147. The van der Waals surface area contributed by atoms with Crippen molar-refractivity contribution in [3.63, 3.8) is 0 Å². The number of fused-ring (bicyclic) bond motifs is 2. The Morgan fingerprint density at radius 3 is 2.07 bits per heavy atom. The van der Waals surface area contributed by atoms with Crippen molar-refractivity contribution in [2.75, 3.05) is 31.7 Å². The van der Waals surface area contributed by atoms with E-state index in [1.165, 1.54) is 0 Å². The van der Waals surface area contributed by atoms with Gasteiger partial charge in [0.2, 0.25) is 5.91 Å². The Hall–Kier alpha value is -3.22. The molecule has 2 heterocycles. The lowest BCUT2D eigenvalue weighted by atomic mass is 10.0. The Morgan fingerprint density at radius 2 is 1.36 bits per heavy atom. The maximum absolute atomic E-state index is 12.4. The highest BCUT2D eigenvalue weighted by atomic mass is 16.6. The Kier molecular flexibility index (Phi) is 5.32. The van der Waals surface area contributed by atoms with Crippen molar-refractivity contribution in [2.45, 2.75) is 19.3 Å². The van der Waals surface area contributed by atoms with Crippen LogP contribution in [0.2, 0.25) is 0 Å². The highest BCUT2D eigenvalue weighted by molar-refractivity contribution is 5.97. The molecule has 0 aromatic heterocycles. The quantitative estimate of drug-likeness (QED) is 0.771. The number of nitrogens with one attached hydrogen (secondary N) is 1. The number of rotatable bonds is 6. The third-order valence-corrected chi connectivity index (χ3v) is 4.50. The number of hydrogen-bond acceptors (Lipinski definition) is 6. The SMILES string of the molecule is O=C(CCCC(=O)c1ccc2c(c1)OCCO2)Nc1ccc2c(c1)OCCO2. The predicted molar refractivity (Wildman–Crippen MR) is 102 cm³/mol. The van der Waals surface area contributed by atoms with Crippen molar-refractivity contribution in [1.82, 2.24) is 0 Å². The first-order chi connectivity index (χ1) is 13.7. The molecule has 0 spiro atoms. The summed E-state index contributed by atoms with van der Waals surface area (Å²) in [5, 5.41) is 2.82. The molecule has 2 aromatic rings. The first-order valence-electron chi connectivity index (χ1n) is 9.31. The smallest absolute Gasteiger partial charge is 0.224 e. The number of ketones is 1. The zero-order valence-electron chi connectivity index (χ0n) is 15.4. The van der Waals surface area contributed by atoms with Gasteiger partial charge in [0.05, 0.1) is 0 Å².